The predicted octanol–water partition coefficient (Wildman–Crippen LogP) is 2.60. The number of rotatable bonds is 2. The van der Waals surface area contributed by atoms with E-state index in [4.69, 9.17) is 0 Å². The van der Waals surface area contributed by atoms with Crippen LogP contribution < -0.4 is 5.32 Å². The summed E-state index contributed by atoms with van der Waals surface area (Å²) >= 11 is 0. The number of carbonyl (C=O) groups is 1. The van der Waals surface area contributed by atoms with Gasteiger partial charge < -0.3 is 5.32 Å². The van der Waals surface area contributed by atoms with Crippen LogP contribution in [0.1, 0.15) is 24.1 Å². The van der Waals surface area contributed by atoms with Crippen molar-refractivity contribution in [3.63, 3.8) is 0 Å². The van der Waals surface area contributed by atoms with Crippen LogP contribution in [-0.4, -0.2) is 15.9 Å². The summed E-state index contributed by atoms with van der Waals surface area (Å²) in [4.78, 5) is 20.3. The van der Waals surface area contributed by atoms with Crippen LogP contribution in [0.4, 0.5) is 5.82 Å². The number of carbonyl (C=O) groups excluding carboxylic acids is 1. The first kappa shape index (κ1) is 11.1. The fraction of sp³-hybridized carbons (Fsp3) is 0.357. The molecule has 0 aliphatic heterocycles. The molecule has 1 saturated carbocycles. The molecule has 3 rings (SSSR count). The highest BCUT2D eigenvalue weighted by molar-refractivity contribution is 5.96. The third-order valence-electron chi connectivity index (χ3n) is 3.37. The van der Waals surface area contributed by atoms with Crippen LogP contribution in [0.25, 0.3) is 10.8 Å². The Labute approximate surface area is 105 Å². The molecule has 0 bridgehead atoms. The fourth-order valence-corrected chi connectivity index (χ4v) is 2.04. The Morgan fingerprint density at radius 1 is 1.22 bits per heavy atom. The maximum atomic E-state index is 11.7. The molecule has 1 aliphatic carbocycles. The van der Waals surface area contributed by atoms with E-state index in [1.807, 2.05) is 26.1 Å². The molecule has 2 heterocycles. The Bertz CT molecular complexity index is 632. The molecule has 4 nitrogen and oxygen atoms in total. The van der Waals surface area contributed by atoms with Gasteiger partial charge in [0.1, 0.15) is 5.82 Å². The van der Waals surface area contributed by atoms with Gasteiger partial charge in [-0.25, -0.2) is 4.98 Å². The lowest BCUT2D eigenvalue weighted by atomic mass is 10.1. The smallest absolute Gasteiger partial charge is 0.228 e. The first-order chi connectivity index (χ1) is 8.65. The highest BCUT2D eigenvalue weighted by atomic mass is 16.2. The summed E-state index contributed by atoms with van der Waals surface area (Å²) in [6.07, 6.45) is 5.64. The number of fused-ring (bicyclic) bond motifs is 1. The zero-order valence-corrected chi connectivity index (χ0v) is 10.5. The summed E-state index contributed by atoms with van der Waals surface area (Å²) in [6, 6.07) is 1.93. The Morgan fingerprint density at radius 2 is 2.00 bits per heavy atom. The van der Waals surface area contributed by atoms with Crippen molar-refractivity contribution in [2.24, 2.45) is 5.92 Å². The quantitative estimate of drug-likeness (QED) is 0.879. The summed E-state index contributed by atoms with van der Waals surface area (Å²) in [5.74, 6) is 0.918. The predicted molar refractivity (Wildman–Crippen MR) is 70.4 cm³/mol. The van der Waals surface area contributed by atoms with E-state index >= 15 is 0 Å². The number of aromatic nitrogens is 2. The zero-order valence-electron chi connectivity index (χ0n) is 10.5. The third kappa shape index (κ3) is 1.94. The fourth-order valence-electron chi connectivity index (χ4n) is 2.04. The van der Waals surface area contributed by atoms with Gasteiger partial charge in [-0.2, -0.15) is 0 Å². The SMILES string of the molecule is Cc1cnc(C)c2cnc(NC(=O)C3CC3)cc12. The molecule has 1 aliphatic rings. The van der Waals surface area contributed by atoms with Crippen molar-refractivity contribution in [3.8, 4) is 0 Å². The van der Waals surface area contributed by atoms with E-state index in [0.717, 1.165) is 34.9 Å². The van der Waals surface area contributed by atoms with Gasteiger partial charge in [0.25, 0.3) is 0 Å². The number of nitrogens with zero attached hydrogens (tertiary/aromatic N) is 2. The maximum Gasteiger partial charge on any atom is 0.228 e. The first-order valence-electron chi connectivity index (χ1n) is 6.18. The highest BCUT2D eigenvalue weighted by Gasteiger charge is 2.29. The van der Waals surface area contributed by atoms with Gasteiger partial charge in [-0.1, -0.05) is 0 Å². The molecule has 2 aromatic heterocycles. The van der Waals surface area contributed by atoms with Crippen LogP contribution in [0.2, 0.25) is 0 Å². The number of amides is 1. The number of hydrogen-bond acceptors (Lipinski definition) is 3. The van der Waals surface area contributed by atoms with E-state index in [2.05, 4.69) is 15.3 Å². The molecule has 0 saturated heterocycles. The van der Waals surface area contributed by atoms with Gasteiger partial charge in [0.15, 0.2) is 0 Å². The molecular formula is C14H15N3O. The lowest BCUT2D eigenvalue weighted by molar-refractivity contribution is -0.117. The first-order valence-corrected chi connectivity index (χ1v) is 6.18. The van der Waals surface area contributed by atoms with E-state index < -0.39 is 0 Å². The van der Waals surface area contributed by atoms with Crippen molar-refractivity contribution >= 4 is 22.5 Å². The van der Waals surface area contributed by atoms with E-state index in [1.54, 1.807) is 6.20 Å². The lowest BCUT2D eigenvalue weighted by Gasteiger charge is -2.08. The molecule has 0 unspecified atom stereocenters. The number of aryl methyl sites for hydroxylation is 2. The van der Waals surface area contributed by atoms with Crippen molar-refractivity contribution in [3.05, 3.63) is 29.7 Å². The van der Waals surface area contributed by atoms with Gasteiger partial charge in [-0.05, 0) is 43.7 Å². The van der Waals surface area contributed by atoms with Gasteiger partial charge in [0.05, 0.1) is 0 Å². The second kappa shape index (κ2) is 4.05. The van der Waals surface area contributed by atoms with Crippen LogP contribution in [-0.2, 0) is 4.79 Å². The molecule has 0 aromatic carbocycles. The van der Waals surface area contributed by atoms with Crippen LogP contribution in [0, 0.1) is 19.8 Å². The largest absolute Gasteiger partial charge is 0.310 e. The van der Waals surface area contributed by atoms with Crippen molar-refractivity contribution in [1.29, 1.82) is 0 Å². The van der Waals surface area contributed by atoms with Gasteiger partial charge in [0, 0.05) is 29.4 Å². The molecular weight excluding hydrogens is 226 g/mol. The molecule has 4 heteroatoms. The van der Waals surface area contributed by atoms with Crippen molar-refractivity contribution in [1.82, 2.24) is 9.97 Å². The van der Waals surface area contributed by atoms with Crippen LogP contribution >= 0.6 is 0 Å². The maximum absolute atomic E-state index is 11.7. The Kier molecular flexibility index (Phi) is 2.51. The minimum atomic E-state index is 0.0882. The third-order valence-corrected chi connectivity index (χ3v) is 3.37. The summed E-state index contributed by atoms with van der Waals surface area (Å²) in [6.45, 7) is 3.98. The number of pyridine rings is 2. The van der Waals surface area contributed by atoms with E-state index in [1.165, 1.54) is 0 Å². The van der Waals surface area contributed by atoms with Gasteiger partial charge in [0.2, 0.25) is 5.91 Å². The Balaban J connectivity index is 1.99. The van der Waals surface area contributed by atoms with Crippen molar-refractivity contribution < 1.29 is 4.79 Å². The normalized spacial score (nSPS) is 14.8. The van der Waals surface area contributed by atoms with Gasteiger partial charge >= 0.3 is 0 Å². The van der Waals surface area contributed by atoms with Crippen molar-refractivity contribution in [2.75, 3.05) is 5.32 Å². The standard InChI is InChI=1S/C14H15N3O/c1-8-6-15-9(2)12-7-16-13(5-11(8)12)17-14(18)10-3-4-10/h5-7,10H,3-4H2,1-2H3,(H,16,17,18). The molecule has 0 spiro atoms. The molecule has 1 fully saturated rings. The molecule has 1 amide bonds. The van der Waals surface area contributed by atoms with E-state index in [0.29, 0.717) is 5.82 Å². The summed E-state index contributed by atoms with van der Waals surface area (Å²) < 4.78 is 0. The second-order valence-electron chi connectivity index (χ2n) is 4.91. The number of nitrogens with one attached hydrogen (secondary N) is 1. The van der Waals surface area contributed by atoms with Gasteiger partial charge in [-0.15, -0.1) is 0 Å². The van der Waals surface area contributed by atoms with E-state index in [-0.39, 0.29) is 11.8 Å². The highest BCUT2D eigenvalue weighted by Crippen LogP contribution is 2.30. The average molecular weight is 241 g/mol. The summed E-state index contributed by atoms with van der Waals surface area (Å²) in [7, 11) is 0. The topological polar surface area (TPSA) is 54.9 Å². The minimum absolute atomic E-state index is 0.0882. The van der Waals surface area contributed by atoms with Crippen LogP contribution in [0.15, 0.2) is 18.5 Å². The average Bonchev–Trinajstić information content (AvgIpc) is 3.18. The summed E-state index contributed by atoms with van der Waals surface area (Å²) in [5.41, 5.74) is 2.06. The molecule has 1 N–H and O–H groups in total. The van der Waals surface area contributed by atoms with Gasteiger partial charge in [-0.3, -0.25) is 9.78 Å². The summed E-state index contributed by atoms with van der Waals surface area (Å²) in [5, 5.41) is 5.01. The van der Waals surface area contributed by atoms with Crippen LogP contribution in [0.5, 0.6) is 0 Å². The molecule has 18 heavy (non-hydrogen) atoms. The number of anilines is 1. The second-order valence-corrected chi connectivity index (χ2v) is 4.91. The van der Waals surface area contributed by atoms with Crippen molar-refractivity contribution in [2.45, 2.75) is 26.7 Å². The monoisotopic (exact) mass is 241 g/mol. The molecule has 92 valence electrons. The number of hydrogen-bond donors (Lipinski definition) is 1. The lowest BCUT2D eigenvalue weighted by Crippen LogP contribution is -2.14. The molecule has 0 radical (unpaired) electrons. The van der Waals surface area contributed by atoms with Crippen LogP contribution in [0.3, 0.4) is 0 Å². The van der Waals surface area contributed by atoms with E-state index in [9.17, 15) is 4.79 Å². The molecule has 0 atom stereocenters. The Morgan fingerprint density at radius 3 is 2.72 bits per heavy atom. The molecule has 2 aromatic rings. The minimum Gasteiger partial charge on any atom is -0.310 e. The Hall–Kier alpha value is -1.97. The zero-order chi connectivity index (χ0) is 12.7.